The lowest BCUT2D eigenvalue weighted by Gasteiger charge is -2.32. The highest BCUT2D eigenvalue weighted by Crippen LogP contribution is 2.38. The Kier molecular flexibility index (Phi) is 10.7. The van der Waals surface area contributed by atoms with E-state index >= 15 is 0 Å². The van der Waals surface area contributed by atoms with E-state index in [-0.39, 0.29) is 17.4 Å². The summed E-state index contributed by atoms with van der Waals surface area (Å²) in [5.74, 6) is -1.10. The minimum Gasteiger partial charge on any atom is -0.354 e. The van der Waals surface area contributed by atoms with E-state index in [4.69, 9.17) is 11.6 Å². The molecule has 12 heteroatoms. The summed E-state index contributed by atoms with van der Waals surface area (Å²) in [6, 6.07) is 16.1. The SMILES string of the molecule is Cc1ccc(S(=O)(=O)N(CC(=O)N(Cc2ccccc2)[C@H](C)C(=O)NCC(C)C)c2ccc(Cl)c(C(F)(F)F)c2)cc1. The molecule has 0 aliphatic carbocycles. The Morgan fingerprint density at radius 2 is 1.57 bits per heavy atom. The molecule has 0 saturated heterocycles. The lowest BCUT2D eigenvalue weighted by Crippen LogP contribution is -2.51. The van der Waals surface area contributed by atoms with Crippen molar-refractivity contribution in [3.8, 4) is 0 Å². The molecule has 0 aliphatic heterocycles. The smallest absolute Gasteiger partial charge is 0.354 e. The van der Waals surface area contributed by atoms with Crippen LogP contribution in [0, 0.1) is 12.8 Å². The van der Waals surface area contributed by atoms with Crippen molar-refractivity contribution in [2.75, 3.05) is 17.4 Å². The highest BCUT2D eigenvalue weighted by Gasteiger charge is 2.37. The number of sulfonamides is 1. The van der Waals surface area contributed by atoms with Crippen LogP contribution in [0.1, 0.15) is 37.5 Å². The molecule has 0 aromatic heterocycles. The number of alkyl halides is 3. The van der Waals surface area contributed by atoms with Crippen LogP contribution < -0.4 is 9.62 Å². The Labute approximate surface area is 249 Å². The Morgan fingerprint density at radius 3 is 2.14 bits per heavy atom. The Balaban J connectivity index is 2.09. The highest BCUT2D eigenvalue weighted by atomic mass is 35.5. The Hall–Kier alpha value is -3.57. The number of carbonyl (C=O) groups excluding carboxylic acids is 2. The molecule has 3 aromatic rings. The number of nitrogens with one attached hydrogen (secondary N) is 1. The molecule has 0 radical (unpaired) electrons. The van der Waals surface area contributed by atoms with Gasteiger partial charge in [0.05, 0.1) is 21.2 Å². The monoisotopic (exact) mass is 623 g/mol. The number of hydrogen-bond donors (Lipinski definition) is 1. The maximum Gasteiger partial charge on any atom is 0.417 e. The highest BCUT2D eigenvalue weighted by molar-refractivity contribution is 7.92. The Bertz CT molecular complexity index is 1500. The van der Waals surface area contributed by atoms with E-state index in [0.717, 1.165) is 17.7 Å². The molecule has 1 atom stereocenters. The number of nitrogens with zero attached hydrogens (tertiary/aromatic N) is 2. The number of rotatable bonds is 11. The molecule has 7 nitrogen and oxygen atoms in total. The standard InChI is InChI=1S/C30H33ClF3N3O4S/c1-20(2)17-35-29(39)22(4)36(18-23-8-6-5-7-9-23)28(38)19-37(42(40,41)25-13-10-21(3)11-14-25)24-12-15-27(31)26(16-24)30(32,33)34/h5-16,20,22H,17-19H2,1-4H3,(H,35,39)/t22-/m1/s1. The van der Waals surface area contributed by atoms with Crippen molar-refractivity contribution >= 4 is 39.1 Å². The largest absolute Gasteiger partial charge is 0.417 e. The van der Waals surface area contributed by atoms with Gasteiger partial charge in [0.25, 0.3) is 10.0 Å². The van der Waals surface area contributed by atoms with Gasteiger partial charge in [-0.25, -0.2) is 8.42 Å². The van der Waals surface area contributed by atoms with Crippen molar-refractivity contribution in [1.29, 1.82) is 0 Å². The number of anilines is 1. The third-order valence-corrected chi connectivity index (χ3v) is 8.60. The van der Waals surface area contributed by atoms with E-state index in [1.807, 2.05) is 13.8 Å². The summed E-state index contributed by atoms with van der Waals surface area (Å²) in [5, 5.41) is 2.16. The summed E-state index contributed by atoms with van der Waals surface area (Å²) in [6.45, 7) is 6.53. The summed E-state index contributed by atoms with van der Waals surface area (Å²) < 4.78 is 69.5. The second-order valence-electron chi connectivity index (χ2n) is 10.3. The fourth-order valence-corrected chi connectivity index (χ4v) is 5.70. The minimum absolute atomic E-state index is 0.0389. The summed E-state index contributed by atoms with van der Waals surface area (Å²) in [5.41, 5.74) is -0.219. The number of carbonyl (C=O) groups is 2. The average molecular weight is 624 g/mol. The Morgan fingerprint density at radius 1 is 0.952 bits per heavy atom. The molecule has 0 spiro atoms. The molecule has 42 heavy (non-hydrogen) atoms. The van der Waals surface area contributed by atoms with Crippen molar-refractivity contribution < 1.29 is 31.2 Å². The zero-order valence-corrected chi connectivity index (χ0v) is 25.2. The lowest BCUT2D eigenvalue weighted by molar-refractivity contribution is -0.139. The van der Waals surface area contributed by atoms with E-state index in [1.54, 1.807) is 49.4 Å². The van der Waals surface area contributed by atoms with Gasteiger partial charge in [0.2, 0.25) is 11.8 Å². The van der Waals surface area contributed by atoms with Gasteiger partial charge in [-0.05, 0) is 55.7 Å². The van der Waals surface area contributed by atoms with Crippen LogP contribution in [-0.2, 0) is 32.3 Å². The first-order valence-corrected chi connectivity index (χ1v) is 15.0. The maximum atomic E-state index is 13.9. The number of amides is 2. The van der Waals surface area contributed by atoms with Crippen molar-refractivity contribution in [1.82, 2.24) is 10.2 Å². The van der Waals surface area contributed by atoms with Gasteiger partial charge in [0.15, 0.2) is 0 Å². The fourth-order valence-electron chi connectivity index (χ4n) is 4.07. The molecule has 3 aromatic carbocycles. The van der Waals surface area contributed by atoms with Gasteiger partial charge in [-0.15, -0.1) is 0 Å². The first-order chi connectivity index (χ1) is 19.6. The number of hydrogen-bond acceptors (Lipinski definition) is 4. The van der Waals surface area contributed by atoms with Gasteiger partial charge in [0, 0.05) is 13.1 Å². The van der Waals surface area contributed by atoms with Gasteiger partial charge in [0.1, 0.15) is 12.6 Å². The van der Waals surface area contributed by atoms with Crippen LogP contribution in [0.2, 0.25) is 5.02 Å². The van der Waals surface area contributed by atoms with Crippen LogP contribution in [0.15, 0.2) is 77.7 Å². The molecule has 2 amide bonds. The van der Waals surface area contributed by atoms with Crippen molar-refractivity contribution in [2.45, 2.75) is 51.4 Å². The molecule has 0 heterocycles. The second kappa shape index (κ2) is 13.6. The number of benzene rings is 3. The molecular weight excluding hydrogens is 591 g/mol. The molecule has 0 fully saturated rings. The molecular formula is C30H33ClF3N3O4S. The van der Waals surface area contributed by atoms with E-state index in [1.165, 1.54) is 24.0 Å². The van der Waals surface area contributed by atoms with Crippen LogP contribution in [-0.4, -0.2) is 44.3 Å². The molecule has 226 valence electrons. The van der Waals surface area contributed by atoms with Gasteiger partial charge in [-0.2, -0.15) is 13.2 Å². The first-order valence-electron chi connectivity index (χ1n) is 13.2. The normalized spacial score (nSPS) is 12.6. The summed E-state index contributed by atoms with van der Waals surface area (Å²) in [4.78, 5) is 27.9. The number of aryl methyl sites for hydroxylation is 1. The zero-order chi connectivity index (χ0) is 31.2. The van der Waals surface area contributed by atoms with E-state index < -0.39 is 56.9 Å². The molecule has 0 aliphatic rings. The fraction of sp³-hybridized carbons (Fsp3) is 0.333. The van der Waals surface area contributed by atoms with Crippen LogP contribution in [0.3, 0.4) is 0 Å². The predicted octanol–water partition coefficient (Wildman–Crippen LogP) is 6.05. The van der Waals surface area contributed by atoms with Crippen LogP contribution in [0.5, 0.6) is 0 Å². The lowest BCUT2D eigenvalue weighted by atomic mass is 10.1. The topological polar surface area (TPSA) is 86.8 Å². The van der Waals surface area contributed by atoms with Gasteiger partial charge in [-0.1, -0.05) is 73.5 Å². The van der Waals surface area contributed by atoms with Crippen molar-refractivity contribution in [2.24, 2.45) is 5.92 Å². The molecule has 1 N–H and O–H groups in total. The van der Waals surface area contributed by atoms with Crippen LogP contribution >= 0.6 is 11.6 Å². The maximum absolute atomic E-state index is 13.9. The van der Waals surface area contributed by atoms with Crippen LogP contribution in [0.4, 0.5) is 18.9 Å². The molecule has 0 saturated carbocycles. The third kappa shape index (κ3) is 8.25. The van der Waals surface area contributed by atoms with Gasteiger partial charge in [-0.3, -0.25) is 13.9 Å². The van der Waals surface area contributed by atoms with E-state index in [2.05, 4.69) is 5.32 Å². The zero-order valence-electron chi connectivity index (χ0n) is 23.7. The van der Waals surface area contributed by atoms with Crippen molar-refractivity contribution in [3.05, 3.63) is 94.5 Å². The summed E-state index contributed by atoms with van der Waals surface area (Å²) in [6.07, 6.45) is -4.88. The molecule has 0 unspecified atom stereocenters. The second-order valence-corrected chi connectivity index (χ2v) is 12.6. The van der Waals surface area contributed by atoms with Crippen LogP contribution in [0.25, 0.3) is 0 Å². The quantitative estimate of drug-likeness (QED) is 0.282. The first kappa shape index (κ1) is 32.9. The van der Waals surface area contributed by atoms with Gasteiger partial charge < -0.3 is 10.2 Å². The summed E-state index contributed by atoms with van der Waals surface area (Å²) >= 11 is 5.80. The predicted molar refractivity (Wildman–Crippen MR) is 156 cm³/mol. The molecule has 0 bridgehead atoms. The number of halogens is 4. The van der Waals surface area contributed by atoms with E-state index in [0.29, 0.717) is 22.5 Å². The molecule has 3 rings (SSSR count). The third-order valence-electron chi connectivity index (χ3n) is 6.48. The van der Waals surface area contributed by atoms with Gasteiger partial charge >= 0.3 is 6.18 Å². The minimum atomic E-state index is -4.88. The van der Waals surface area contributed by atoms with E-state index in [9.17, 15) is 31.2 Å². The average Bonchev–Trinajstić information content (AvgIpc) is 2.93. The van der Waals surface area contributed by atoms with Crippen molar-refractivity contribution in [3.63, 3.8) is 0 Å². The summed E-state index contributed by atoms with van der Waals surface area (Å²) in [7, 11) is -4.54.